The van der Waals surface area contributed by atoms with E-state index < -0.39 is 0 Å². The summed E-state index contributed by atoms with van der Waals surface area (Å²) in [6, 6.07) is 3.56. The summed E-state index contributed by atoms with van der Waals surface area (Å²) in [5, 5.41) is 15.8. The molecule has 0 radical (unpaired) electrons. The van der Waals surface area contributed by atoms with Crippen molar-refractivity contribution in [1.82, 2.24) is 15.1 Å². The molecule has 0 atom stereocenters. The summed E-state index contributed by atoms with van der Waals surface area (Å²) >= 11 is 0. The van der Waals surface area contributed by atoms with Crippen LogP contribution in [0.2, 0.25) is 0 Å². The summed E-state index contributed by atoms with van der Waals surface area (Å²) in [5.41, 5.74) is 0.466. The minimum Gasteiger partial charge on any atom is -0.325 e. The predicted molar refractivity (Wildman–Crippen MR) is 53.8 cm³/mol. The van der Waals surface area contributed by atoms with Crippen LogP contribution in [0.3, 0.4) is 0 Å². The Morgan fingerprint density at radius 1 is 1.60 bits per heavy atom. The van der Waals surface area contributed by atoms with Crippen LogP contribution in [0.1, 0.15) is 23.7 Å². The van der Waals surface area contributed by atoms with Crippen molar-refractivity contribution in [3.8, 4) is 6.07 Å². The highest BCUT2D eigenvalue weighted by Crippen LogP contribution is 2.02. The average Bonchev–Trinajstić information content (AvgIpc) is 2.29. The quantitative estimate of drug-likeness (QED) is 0.682. The molecule has 0 aromatic carbocycles. The minimum atomic E-state index is -0.173. The van der Waals surface area contributed by atoms with E-state index >= 15 is 0 Å². The van der Waals surface area contributed by atoms with Crippen molar-refractivity contribution in [2.24, 2.45) is 0 Å². The molecule has 1 aromatic rings. The summed E-state index contributed by atoms with van der Waals surface area (Å²) in [6.07, 6.45) is 3.69. The molecule has 1 amide bonds. The van der Waals surface area contributed by atoms with Gasteiger partial charge < -0.3 is 4.90 Å². The van der Waals surface area contributed by atoms with E-state index in [-0.39, 0.29) is 12.5 Å². The van der Waals surface area contributed by atoms with Crippen LogP contribution in [0.4, 0.5) is 0 Å². The molecule has 0 spiro atoms. The second-order valence-electron chi connectivity index (χ2n) is 3.02. The van der Waals surface area contributed by atoms with Crippen LogP contribution in [0.15, 0.2) is 18.5 Å². The Bertz CT molecular complexity index is 357. The summed E-state index contributed by atoms with van der Waals surface area (Å²) in [5.74, 6) is -0.173. The van der Waals surface area contributed by atoms with Crippen LogP contribution >= 0.6 is 0 Å². The maximum atomic E-state index is 11.8. The van der Waals surface area contributed by atoms with E-state index in [1.54, 1.807) is 6.07 Å². The molecule has 5 nitrogen and oxygen atoms in total. The molecule has 0 aliphatic rings. The Morgan fingerprint density at radius 3 is 2.93 bits per heavy atom. The first-order valence-electron chi connectivity index (χ1n) is 4.72. The largest absolute Gasteiger partial charge is 0.325 e. The first kappa shape index (κ1) is 11.1. The lowest BCUT2D eigenvalue weighted by Crippen LogP contribution is -2.32. The molecule has 1 aromatic heterocycles. The van der Waals surface area contributed by atoms with Gasteiger partial charge in [-0.25, -0.2) is 0 Å². The number of nitriles is 1. The second-order valence-corrected chi connectivity index (χ2v) is 3.02. The van der Waals surface area contributed by atoms with Crippen molar-refractivity contribution in [1.29, 1.82) is 5.26 Å². The van der Waals surface area contributed by atoms with Crippen molar-refractivity contribution in [2.75, 3.05) is 13.1 Å². The summed E-state index contributed by atoms with van der Waals surface area (Å²) in [6.45, 7) is 2.65. The first-order chi connectivity index (χ1) is 7.29. The van der Waals surface area contributed by atoms with Gasteiger partial charge >= 0.3 is 0 Å². The fourth-order valence-electron chi connectivity index (χ4n) is 1.21. The van der Waals surface area contributed by atoms with Crippen LogP contribution in [0, 0.1) is 11.3 Å². The third-order valence-corrected chi connectivity index (χ3v) is 1.87. The summed E-state index contributed by atoms with van der Waals surface area (Å²) in [7, 11) is 0. The van der Waals surface area contributed by atoms with E-state index in [0.717, 1.165) is 6.42 Å². The number of carbonyl (C=O) groups is 1. The molecule has 0 unspecified atom stereocenters. The highest BCUT2D eigenvalue weighted by Gasteiger charge is 2.14. The monoisotopic (exact) mass is 204 g/mol. The number of carbonyl (C=O) groups excluding carboxylic acids is 1. The SMILES string of the molecule is CCCN(CC#N)C(=O)c1ccnnc1. The van der Waals surface area contributed by atoms with E-state index in [1.165, 1.54) is 17.3 Å². The van der Waals surface area contributed by atoms with Gasteiger partial charge in [-0.05, 0) is 12.5 Å². The Hall–Kier alpha value is -1.96. The number of nitrogens with zero attached hydrogens (tertiary/aromatic N) is 4. The summed E-state index contributed by atoms with van der Waals surface area (Å²) in [4.78, 5) is 13.3. The maximum absolute atomic E-state index is 11.8. The average molecular weight is 204 g/mol. The number of hydrogen-bond donors (Lipinski definition) is 0. The van der Waals surface area contributed by atoms with Crippen LogP contribution in [-0.2, 0) is 0 Å². The maximum Gasteiger partial charge on any atom is 0.256 e. The van der Waals surface area contributed by atoms with Crippen LogP contribution < -0.4 is 0 Å². The molecule has 15 heavy (non-hydrogen) atoms. The van der Waals surface area contributed by atoms with Crippen molar-refractivity contribution < 1.29 is 4.79 Å². The number of hydrogen-bond acceptors (Lipinski definition) is 4. The lowest BCUT2D eigenvalue weighted by Gasteiger charge is -2.18. The number of rotatable bonds is 4. The lowest BCUT2D eigenvalue weighted by atomic mass is 10.2. The van der Waals surface area contributed by atoms with Gasteiger partial charge in [0.1, 0.15) is 6.54 Å². The van der Waals surface area contributed by atoms with Gasteiger partial charge in [-0.2, -0.15) is 15.5 Å². The molecule has 0 saturated carbocycles. The zero-order chi connectivity index (χ0) is 11.1. The van der Waals surface area contributed by atoms with E-state index in [2.05, 4.69) is 10.2 Å². The van der Waals surface area contributed by atoms with Gasteiger partial charge in [-0.1, -0.05) is 6.92 Å². The second kappa shape index (κ2) is 5.70. The van der Waals surface area contributed by atoms with Crippen LogP contribution in [0.5, 0.6) is 0 Å². The molecule has 0 bridgehead atoms. The van der Waals surface area contributed by atoms with Gasteiger partial charge in [0.25, 0.3) is 5.91 Å². The topological polar surface area (TPSA) is 69.9 Å². The molecule has 78 valence electrons. The molecule has 5 heteroatoms. The lowest BCUT2D eigenvalue weighted by molar-refractivity contribution is 0.0775. The summed E-state index contributed by atoms with van der Waals surface area (Å²) < 4.78 is 0. The number of aromatic nitrogens is 2. The van der Waals surface area contributed by atoms with Gasteiger partial charge in [0.05, 0.1) is 24.0 Å². The minimum absolute atomic E-state index is 0.106. The van der Waals surface area contributed by atoms with Gasteiger partial charge in [0.15, 0.2) is 0 Å². The van der Waals surface area contributed by atoms with Crippen molar-refractivity contribution in [3.05, 3.63) is 24.0 Å². The third-order valence-electron chi connectivity index (χ3n) is 1.87. The smallest absolute Gasteiger partial charge is 0.256 e. The highest BCUT2D eigenvalue weighted by atomic mass is 16.2. The molecule has 1 rings (SSSR count). The fourth-order valence-corrected chi connectivity index (χ4v) is 1.21. The Kier molecular flexibility index (Phi) is 4.23. The van der Waals surface area contributed by atoms with Gasteiger partial charge in [0, 0.05) is 6.54 Å². The van der Waals surface area contributed by atoms with E-state index in [1.807, 2.05) is 13.0 Å². The molecule has 0 aliphatic heterocycles. The third kappa shape index (κ3) is 3.02. The Labute approximate surface area is 88.3 Å². The van der Waals surface area contributed by atoms with E-state index in [9.17, 15) is 4.79 Å². The molecule has 0 fully saturated rings. The van der Waals surface area contributed by atoms with Crippen molar-refractivity contribution in [2.45, 2.75) is 13.3 Å². The molecule has 0 N–H and O–H groups in total. The Morgan fingerprint density at radius 2 is 2.40 bits per heavy atom. The molecular weight excluding hydrogens is 192 g/mol. The highest BCUT2D eigenvalue weighted by molar-refractivity contribution is 5.93. The molecule has 1 heterocycles. The van der Waals surface area contributed by atoms with Gasteiger partial charge in [-0.3, -0.25) is 4.79 Å². The Balaban J connectivity index is 2.77. The van der Waals surface area contributed by atoms with E-state index in [0.29, 0.717) is 12.1 Å². The van der Waals surface area contributed by atoms with Gasteiger partial charge in [0.2, 0.25) is 0 Å². The molecule has 0 saturated heterocycles. The normalized spacial score (nSPS) is 9.33. The predicted octanol–water partition coefficient (Wildman–Crippen LogP) is 0.852. The van der Waals surface area contributed by atoms with Crippen molar-refractivity contribution >= 4 is 5.91 Å². The van der Waals surface area contributed by atoms with Crippen LogP contribution in [-0.4, -0.2) is 34.1 Å². The first-order valence-corrected chi connectivity index (χ1v) is 4.72. The zero-order valence-electron chi connectivity index (χ0n) is 8.55. The molecular formula is C10H12N4O. The van der Waals surface area contributed by atoms with Crippen LogP contribution in [0.25, 0.3) is 0 Å². The number of amides is 1. The fraction of sp³-hybridized carbons (Fsp3) is 0.400. The standard InChI is InChI=1S/C10H12N4O/c1-2-6-14(7-4-11)10(15)9-3-5-12-13-8-9/h3,5,8H,2,6-7H2,1H3. The zero-order valence-corrected chi connectivity index (χ0v) is 8.55. The van der Waals surface area contributed by atoms with Gasteiger partial charge in [-0.15, -0.1) is 0 Å². The van der Waals surface area contributed by atoms with E-state index in [4.69, 9.17) is 5.26 Å². The molecule has 0 aliphatic carbocycles. The van der Waals surface area contributed by atoms with Crippen molar-refractivity contribution in [3.63, 3.8) is 0 Å².